The van der Waals surface area contributed by atoms with Gasteiger partial charge in [0.25, 0.3) is 0 Å². The molecule has 4 unspecified atom stereocenters. The molecule has 4 atom stereocenters. The van der Waals surface area contributed by atoms with Gasteiger partial charge in [-0.05, 0) is 52.1 Å². The standard InChI is InChI=1S/C16H30N2O2/c1-12-6-5-9-16(10-12,18(2)3)11-17-15(20)13-7-4-8-14(13)19/h12-14,19H,4-11H2,1-3H3,(H,17,20). The third-order valence-corrected chi connectivity index (χ3v) is 5.42. The smallest absolute Gasteiger partial charge is 0.225 e. The number of aliphatic hydroxyl groups excluding tert-OH is 1. The Kier molecular flexibility index (Phi) is 5.08. The van der Waals surface area contributed by atoms with Crippen molar-refractivity contribution in [3.8, 4) is 0 Å². The molecule has 0 bridgehead atoms. The maximum atomic E-state index is 12.3. The molecule has 20 heavy (non-hydrogen) atoms. The van der Waals surface area contributed by atoms with Gasteiger partial charge < -0.3 is 15.3 Å². The summed E-state index contributed by atoms with van der Waals surface area (Å²) in [6, 6.07) is 0. The molecule has 0 aromatic heterocycles. The first-order valence-electron chi connectivity index (χ1n) is 8.08. The second kappa shape index (κ2) is 6.44. The Morgan fingerprint density at radius 2 is 2.05 bits per heavy atom. The fraction of sp³-hybridized carbons (Fsp3) is 0.938. The summed E-state index contributed by atoms with van der Waals surface area (Å²) >= 11 is 0. The lowest BCUT2D eigenvalue weighted by molar-refractivity contribution is -0.128. The maximum absolute atomic E-state index is 12.3. The van der Waals surface area contributed by atoms with Gasteiger partial charge in [-0.2, -0.15) is 0 Å². The molecule has 0 saturated heterocycles. The molecule has 0 aromatic rings. The molecule has 2 aliphatic carbocycles. The van der Waals surface area contributed by atoms with E-state index in [-0.39, 0.29) is 17.4 Å². The van der Waals surface area contributed by atoms with Gasteiger partial charge in [-0.25, -0.2) is 0 Å². The molecule has 2 aliphatic rings. The SMILES string of the molecule is CC1CCCC(CNC(=O)C2CCCC2O)(N(C)C)C1. The first-order chi connectivity index (χ1) is 9.44. The monoisotopic (exact) mass is 282 g/mol. The van der Waals surface area contributed by atoms with Crippen molar-refractivity contribution < 1.29 is 9.90 Å². The van der Waals surface area contributed by atoms with Crippen LogP contribution in [0.2, 0.25) is 0 Å². The van der Waals surface area contributed by atoms with Gasteiger partial charge in [0, 0.05) is 12.1 Å². The van der Waals surface area contributed by atoms with E-state index in [4.69, 9.17) is 0 Å². The van der Waals surface area contributed by atoms with E-state index in [0.29, 0.717) is 6.54 Å². The lowest BCUT2D eigenvalue weighted by Crippen LogP contribution is -2.55. The topological polar surface area (TPSA) is 52.6 Å². The van der Waals surface area contributed by atoms with E-state index in [1.165, 1.54) is 12.8 Å². The Morgan fingerprint density at radius 1 is 1.30 bits per heavy atom. The third kappa shape index (κ3) is 3.34. The van der Waals surface area contributed by atoms with Crippen LogP contribution in [-0.4, -0.2) is 48.2 Å². The largest absolute Gasteiger partial charge is 0.392 e. The van der Waals surface area contributed by atoms with Gasteiger partial charge in [-0.3, -0.25) is 4.79 Å². The highest BCUT2D eigenvalue weighted by molar-refractivity contribution is 5.79. The number of aliphatic hydroxyl groups is 1. The first kappa shape index (κ1) is 15.8. The first-order valence-corrected chi connectivity index (χ1v) is 8.08. The van der Waals surface area contributed by atoms with E-state index in [1.807, 2.05) is 0 Å². The molecule has 0 heterocycles. The van der Waals surface area contributed by atoms with Crippen LogP contribution in [0.15, 0.2) is 0 Å². The Hall–Kier alpha value is -0.610. The summed E-state index contributed by atoms with van der Waals surface area (Å²) in [5.74, 6) is 0.588. The predicted octanol–water partition coefficient (Wildman–Crippen LogP) is 1.77. The number of likely N-dealkylation sites (N-methyl/N-ethyl adjacent to an activating group) is 1. The molecule has 2 saturated carbocycles. The molecule has 0 aromatic carbocycles. The summed E-state index contributed by atoms with van der Waals surface area (Å²) < 4.78 is 0. The van der Waals surface area contributed by atoms with E-state index < -0.39 is 6.10 Å². The van der Waals surface area contributed by atoms with Crippen molar-refractivity contribution in [2.75, 3.05) is 20.6 Å². The quantitative estimate of drug-likeness (QED) is 0.826. The molecule has 0 aliphatic heterocycles. The molecule has 0 spiro atoms. The number of carbonyl (C=O) groups excluding carboxylic acids is 1. The number of hydrogen-bond donors (Lipinski definition) is 2. The molecule has 116 valence electrons. The summed E-state index contributed by atoms with van der Waals surface area (Å²) in [5, 5.41) is 13.0. The predicted molar refractivity (Wildman–Crippen MR) is 80.4 cm³/mol. The van der Waals surface area contributed by atoms with E-state index in [9.17, 15) is 9.90 Å². The van der Waals surface area contributed by atoms with Crippen LogP contribution in [0.4, 0.5) is 0 Å². The van der Waals surface area contributed by atoms with Gasteiger partial charge in [0.1, 0.15) is 0 Å². The molecule has 0 radical (unpaired) electrons. The van der Waals surface area contributed by atoms with Crippen molar-refractivity contribution in [2.24, 2.45) is 11.8 Å². The molecule has 2 N–H and O–H groups in total. The lowest BCUT2D eigenvalue weighted by Gasteiger charge is -2.45. The average molecular weight is 282 g/mol. The van der Waals surface area contributed by atoms with Crippen molar-refractivity contribution in [3.63, 3.8) is 0 Å². The van der Waals surface area contributed by atoms with E-state index in [1.54, 1.807) is 0 Å². The number of carbonyl (C=O) groups is 1. The van der Waals surface area contributed by atoms with Crippen LogP contribution in [0, 0.1) is 11.8 Å². The van der Waals surface area contributed by atoms with Crippen LogP contribution in [0.3, 0.4) is 0 Å². The van der Waals surface area contributed by atoms with Crippen molar-refractivity contribution in [1.82, 2.24) is 10.2 Å². The van der Waals surface area contributed by atoms with Crippen molar-refractivity contribution in [3.05, 3.63) is 0 Å². The summed E-state index contributed by atoms with van der Waals surface area (Å²) in [6.07, 6.45) is 6.97. The molecular formula is C16H30N2O2. The third-order valence-electron chi connectivity index (χ3n) is 5.42. The Labute approximate surface area is 122 Å². The summed E-state index contributed by atoms with van der Waals surface area (Å²) in [6.45, 7) is 3.02. The second-order valence-electron chi connectivity index (χ2n) is 7.14. The Balaban J connectivity index is 1.93. The number of nitrogens with zero attached hydrogens (tertiary/aromatic N) is 1. The summed E-state index contributed by atoms with van der Waals surface area (Å²) in [4.78, 5) is 14.5. The van der Waals surface area contributed by atoms with Crippen LogP contribution in [0.5, 0.6) is 0 Å². The number of rotatable bonds is 4. The highest BCUT2D eigenvalue weighted by Gasteiger charge is 2.38. The minimum absolute atomic E-state index is 0.0504. The van der Waals surface area contributed by atoms with Crippen LogP contribution in [0.25, 0.3) is 0 Å². The van der Waals surface area contributed by atoms with E-state index in [0.717, 1.165) is 38.0 Å². The Morgan fingerprint density at radius 3 is 2.60 bits per heavy atom. The molecule has 4 heteroatoms. The zero-order valence-corrected chi connectivity index (χ0v) is 13.2. The van der Waals surface area contributed by atoms with Gasteiger partial charge in [0.05, 0.1) is 12.0 Å². The van der Waals surface area contributed by atoms with Crippen molar-refractivity contribution in [2.45, 2.75) is 63.5 Å². The Bertz CT molecular complexity index is 345. The molecule has 2 rings (SSSR count). The number of hydrogen-bond acceptors (Lipinski definition) is 3. The van der Waals surface area contributed by atoms with Crippen LogP contribution in [-0.2, 0) is 4.79 Å². The normalized spacial score (nSPS) is 38.1. The molecular weight excluding hydrogens is 252 g/mol. The lowest BCUT2D eigenvalue weighted by atomic mass is 9.75. The van der Waals surface area contributed by atoms with Crippen molar-refractivity contribution >= 4 is 5.91 Å². The summed E-state index contributed by atoms with van der Waals surface area (Å²) in [7, 11) is 4.24. The average Bonchev–Trinajstić information content (AvgIpc) is 2.82. The van der Waals surface area contributed by atoms with Crippen molar-refractivity contribution in [1.29, 1.82) is 0 Å². The van der Waals surface area contributed by atoms with E-state index in [2.05, 4.69) is 31.2 Å². The fourth-order valence-corrected chi connectivity index (χ4v) is 3.99. The van der Waals surface area contributed by atoms with Gasteiger partial charge in [-0.1, -0.05) is 19.8 Å². The van der Waals surface area contributed by atoms with Crippen LogP contribution < -0.4 is 5.32 Å². The number of amides is 1. The number of nitrogens with one attached hydrogen (secondary N) is 1. The fourth-order valence-electron chi connectivity index (χ4n) is 3.99. The van der Waals surface area contributed by atoms with Crippen LogP contribution >= 0.6 is 0 Å². The second-order valence-corrected chi connectivity index (χ2v) is 7.14. The van der Waals surface area contributed by atoms with Gasteiger partial charge >= 0.3 is 0 Å². The summed E-state index contributed by atoms with van der Waals surface area (Å²) in [5.41, 5.74) is 0.0941. The molecule has 2 fully saturated rings. The maximum Gasteiger partial charge on any atom is 0.225 e. The highest BCUT2D eigenvalue weighted by atomic mass is 16.3. The van der Waals surface area contributed by atoms with Gasteiger partial charge in [0.2, 0.25) is 5.91 Å². The minimum atomic E-state index is -0.435. The molecule has 4 nitrogen and oxygen atoms in total. The minimum Gasteiger partial charge on any atom is -0.392 e. The van der Waals surface area contributed by atoms with Gasteiger partial charge in [-0.15, -0.1) is 0 Å². The highest BCUT2D eigenvalue weighted by Crippen LogP contribution is 2.35. The van der Waals surface area contributed by atoms with Crippen LogP contribution in [0.1, 0.15) is 51.9 Å². The van der Waals surface area contributed by atoms with E-state index >= 15 is 0 Å². The zero-order valence-electron chi connectivity index (χ0n) is 13.2. The molecule has 1 amide bonds. The zero-order chi connectivity index (χ0) is 14.8. The van der Waals surface area contributed by atoms with Gasteiger partial charge in [0.15, 0.2) is 0 Å².